The molecule has 1 nitrogen and oxygen atoms in total. The summed E-state index contributed by atoms with van der Waals surface area (Å²) in [7, 11) is -1.82. The molecular weight excluding hydrogens is 207 g/mol. The Bertz CT molecular complexity index is 212. The SMILES string of the molecule is [CH-]=CC(=C)O[Si](C(C)C)(C(C)C)C(C)C.[Li+]. The second-order valence-corrected chi connectivity index (χ2v) is 10.4. The van der Waals surface area contributed by atoms with E-state index in [2.05, 4.69) is 48.1 Å². The molecule has 0 amide bonds. The van der Waals surface area contributed by atoms with E-state index in [0.717, 1.165) is 0 Å². The summed E-state index contributed by atoms with van der Waals surface area (Å²) < 4.78 is 6.14. The van der Waals surface area contributed by atoms with E-state index in [1.54, 1.807) is 0 Å². The van der Waals surface area contributed by atoms with Gasteiger partial charge in [0.05, 0.1) is 0 Å². The number of rotatable bonds is 6. The first-order valence-corrected chi connectivity index (χ1v) is 7.85. The molecule has 0 unspecified atom stereocenters. The fraction of sp³-hybridized carbons (Fsp3) is 0.692. The summed E-state index contributed by atoms with van der Waals surface area (Å²) in [5.74, 6) is 0.623. The van der Waals surface area contributed by atoms with Crippen LogP contribution in [0, 0.1) is 6.58 Å². The predicted molar refractivity (Wildman–Crippen MR) is 70.1 cm³/mol. The van der Waals surface area contributed by atoms with Crippen molar-refractivity contribution in [2.45, 2.75) is 58.2 Å². The van der Waals surface area contributed by atoms with Gasteiger partial charge in [-0.1, -0.05) is 47.3 Å². The first-order valence-electron chi connectivity index (χ1n) is 5.71. The Morgan fingerprint density at radius 1 is 1.06 bits per heavy atom. The van der Waals surface area contributed by atoms with Gasteiger partial charge in [-0.15, -0.1) is 6.58 Å². The van der Waals surface area contributed by atoms with Crippen molar-refractivity contribution in [3.8, 4) is 0 Å². The van der Waals surface area contributed by atoms with Gasteiger partial charge in [0.2, 0.25) is 8.32 Å². The van der Waals surface area contributed by atoms with Crippen LogP contribution in [0.5, 0.6) is 0 Å². The minimum Gasteiger partial charge on any atom is -0.631 e. The summed E-state index contributed by atoms with van der Waals surface area (Å²) in [6, 6.07) is 0. The van der Waals surface area contributed by atoms with E-state index < -0.39 is 8.32 Å². The molecule has 0 saturated carbocycles. The molecule has 0 aliphatic heterocycles. The maximum absolute atomic E-state index is 6.14. The maximum Gasteiger partial charge on any atom is 1.00 e. The van der Waals surface area contributed by atoms with Gasteiger partial charge in [0.15, 0.2) is 0 Å². The first kappa shape index (κ1) is 18.5. The molecule has 0 heterocycles. The second-order valence-electron chi connectivity index (χ2n) is 5.05. The molecule has 0 saturated heterocycles. The van der Waals surface area contributed by atoms with Crippen LogP contribution in [0.15, 0.2) is 18.4 Å². The van der Waals surface area contributed by atoms with Crippen LogP contribution in [0.25, 0.3) is 0 Å². The van der Waals surface area contributed by atoms with E-state index in [4.69, 9.17) is 11.0 Å². The summed E-state index contributed by atoms with van der Waals surface area (Å²) in [5, 5.41) is 0. The van der Waals surface area contributed by atoms with Gasteiger partial charge in [-0.3, -0.25) is 6.58 Å². The largest absolute Gasteiger partial charge is 1.00 e. The molecule has 88 valence electrons. The zero-order valence-corrected chi connectivity index (χ0v) is 13.0. The first-order chi connectivity index (χ1) is 6.78. The number of hydrogen-bond acceptors (Lipinski definition) is 1. The molecule has 0 fully saturated rings. The van der Waals surface area contributed by atoms with Gasteiger partial charge in [-0.2, -0.15) is 0 Å². The second kappa shape index (κ2) is 7.43. The summed E-state index contributed by atoms with van der Waals surface area (Å²) in [5.41, 5.74) is 1.69. The Hall–Kier alpha value is 0.0943. The Morgan fingerprint density at radius 2 is 1.38 bits per heavy atom. The molecular formula is C13H25LiOSi. The van der Waals surface area contributed by atoms with E-state index in [-0.39, 0.29) is 18.9 Å². The molecule has 0 N–H and O–H groups in total. The van der Waals surface area contributed by atoms with Crippen molar-refractivity contribution in [2.75, 3.05) is 0 Å². The third-order valence-corrected chi connectivity index (χ3v) is 9.23. The van der Waals surface area contributed by atoms with Crippen molar-refractivity contribution in [3.05, 3.63) is 25.0 Å². The van der Waals surface area contributed by atoms with E-state index >= 15 is 0 Å². The van der Waals surface area contributed by atoms with Crippen molar-refractivity contribution in [3.63, 3.8) is 0 Å². The standard InChI is InChI=1S/C13H25OSi.Li/c1-9-13(8)14-15(10(2)3,11(4)5)12(6)7;/h1,9-12H,8H2,2-7H3;/q-1;+1. The molecule has 0 bridgehead atoms. The predicted octanol–water partition coefficient (Wildman–Crippen LogP) is 1.69. The van der Waals surface area contributed by atoms with Gasteiger partial charge in [-0.25, -0.2) is 6.08 Å². The minimum atomic E-state index is -1.82. The molecule has 0 aliphatic rings. The Labute approximate surface area is 115 Å². The summed E-state index contributed by atoms with van der Waals surface area (Å²) >= 11 is 0. The third kappa shape index (κ3) is 3.84. The fourth-order valence-corrected chi connectivity index (χ4v) is 7.84. The molecule has 16 heavy (non-hydrogen) atoms. The Balaban J connectivity index is 0. The minimum absolute atomic E-state index is 0. The monoisotopic (exact) mass is 232 g/mol. The Kier molecular flexibility index (Phi) is 8.57. The molecule has 0 atom stereocenters. The fourth-order valence-electron chi connectivity index (χ4n) is 2.61. The molecule has 0 aliphatic carbocycles. The molecule has 0 radical (unpaired) electrons. The molecule has 0 spiro atoms. The van der Waals surface area contributed by atoms with E-state index in [1.807, 2.05) is 0 Å². The van der Waals surface area contributed by atoms with Gasteiger partial charge in [0.1, 0.15) is 0 Å². The van der Waals surface area contributed by atoms with Crippen LogP contribution in [0.1, 0.15) is 41.5 Å². The van der Waals surface area contributed by atoms with Crippen LogP contribution in [-0.2, 0) is 4.43 Å². The number of allylic oxidation sites excluding steroid dienone is 1. The van der Waals surface area contributed by atoms with E-state index in [0.29, 0.717) is 22.4 Å². The van der Waals surface area contributed by atoms with Gasteiger partial charge in [0, 0.05) is 0 Å². The zero-order chi connectivity index (χ0) is 12.2. The van der Waals surface area contributed by atoms with Crippen LogP contribution in [0.2, 0.25) is 16.6 Å². The van der Waals surface area contributed by atoms with Crippen molar-refractivity contribution in [1.82, 2.24) is 0 Å². The quantitative estimate of drug-likeness (QED) is 0.293. The summed E-state index contributed by atoms with van der Waals surface area (Å²) in [6.07, 6.45) is 1.47. The average molecular weight is 232 g/mol. The maximum atomic E-state index is 6.14. The van der Waals surface area contributed by atoms with Crippen LogP contribution in [0.3, 0.4) is 0 Å². The smallest absolute Gasteiger partial charge is 0.631 e. The van der Waals surface area contributed by atoms with Crippen LogP contribution < -0.4 is 18.9 Å². The summed E-state index contributed by atoms with van der Waals surface area (Å²) in [4.78, 5) is 0. The van der Waals surface area contributed by atoms with Crippen LogP contribution in [-0.4, -0.2) is 8.32 Å². The molecule has 3 heteroatoms. The van der Waals surface area contributed by atoms with Gasteiger partial charge in [0.25, 0.3) is 0 Å². The zero-order valence-electron chi connectivity index (χ0n) is 12.0. The van der Waals surface area contributed by atoms with Gasteiger partial charge < -0.3 is 4.43 Å². The van der Waals surface area contributed by atoms with Crippen molar-refractivity contribution >= 4 is 8.32 Å². The molecule has 0 aromatic carbocycles. The summed E-state index contributed by atoms with van der Waals surface area (Å²) in [6.45, 7) is 22.8. The molecule has 0 aromatic heterocycles. The van der Waals surface area contributed by atoms with Crippen LogP contribution in [0.4, 0.5) is 0 Å². The topological polar surface area (TPSA) is 9.23 Å². The molecule has 0 rings (SSSR count). The Morgan fingerprint density at radius 3 is 1.56 bits per heavy atom. The number of hydrogen-bond donors (Lipinski definition) is 0. The van der Waals surface area contributed by atoms with Gasteiger partial charge in [-0.05, 0) is 16.6 Å². The van der Waals surface area contributed by atoms with Crippen LogP contribution >= 0.6 is 0 Å². The van der Waals surface area contributed by atoms with Crippen molar-refractivity contribution in [1.29, 1.82) is 0 Å². The van der Waals surface area contributed by atoms with Crippen molar-refractivity contribution < 1.29 is 23.3 Å². The third-order valence-electron chi connectivity index (χ3n) is 3.20. The van der Waals surface area contributed by atoms with E-state index in [9.17, 15) is 0 Å². The van der Waals surface area contributed by atoms with E-state index in [1.165, 1.54) is 6.08 Å². The van der Waals surface area contributed by atoms with Crippen molar-refractivity contribution in [2.24, 2.45) is 0 Å². The average Bonchev–Trinajstić information content (AvgIpc) is 2.11. The molecule has 0 aromatic rings. The normalized spacial score (nSPS) is 11.6. The van der Waals surface area contributed by atoms with Gasteiger partial charge >= 0.3 is 18.9 Å².